The Bertz CT molecular complexity index is 756. The third-order valence-corrected chi connectivity index (χ3v) is 7.71. The average Bonchev–Trinajstić information content (AvgIpc) is 3.34. The highest BCUT2D eigenvalue weighted by Crippen LogP contribution is 2.64. The number of carbonyl (C=O) groups excluding carboxylic acids is 2. The van der Waals surface area contributed by atoms with Crippen molar-refractivity contribution >= 4 is 17.8 Å². The van der Waals surface area contributed by atoms with Gasteiger partial charge in [0.25, 0.3) is 0 Å². The highest BCUT2D eigenvalue weighted by Gasteiger charge is 2.79. The fraction of sp³-hybridized carbons (Fsp3) is 0.783. The van der Waals surface area contributed by atoms with Gasteiger partial charge in [0.05, 0.1) is 24.2 Å². The van der Waals surface area contributed by atoms with Gasteiger partial charge in [-0.1, -0.05) is 26.3 Å². The van der Waals surface area contributed by atoms with E-state index < -0.39 is 47.0 Å². The fourth-order valence-electron chi connectivity index (χ4n) is 6.23. The Labute approximate surface area is 184 Å². The van der Waals surface area contributed by atoms with E-state index in [0.29, 0.717) is 25.8 Å². The van der Waals surface area contributed by atoms with Crippen LogP contribution >= 0.6 is 0 Å². The van der Waals surface area contributed by atoms with Crippen LogP contribution in [0.5, 0.6) is 0 Å². The molecule has 0 aromatic rings. The van der Waals surface area contributed by atoms with Crippen molar-refractivity contribution in [3.63, 3.8) is 0 Å². The van der Waals surface area contributed by atoms with E-state index in [1.54, 1.807) is 17.9 Å². The molecule has 3 heterocycles. The van der Waals surface area contributed by atoms with Gasteiger partial charge in [-0.15, -0.1) is 6.58 Å². The minimum atomic E-state index is -1.18. The van der Waals surface area contributed by atoms with Crippen molar-refractivity contribution in [3.05, 3.63) is 12.7 Å². The zero-order valence-corrected chi connectivity index (χ0v) is 19.0. The summed E-state index contributed by atoms with van der Waals surface area (Å²) in [4.78, 5) is 43.0. The Balaban J connectivity index is 2.12. The Kier molecular flexibility index (Phi) is 6.54. The summed E-state index contributed by atoms with van der Waals surface area (Å²) >= 11 is 0. The Morgan fingerprint density at radius 1 is 1.35 bits per heavy atom. The second-order valence-corrected chi connectivity index (χ2v) is 9.37. The van der Waals surface area contributed by atoms with Gasteiger partial charge in [0.15, 0.2) is 0 Å². The molecule has 0 aromatic carbocycles. The molecule has 8 heteroatoms. The third-order valence-electron chi connectivity index (χ3n) is 7.71. The van der Waals surface area contributed by atoms with E-state index in [1.807, 2.05) is 20.8 Å². The van der Waals surface area contributed by atoms with Gasteiger partial charge in [-0.2, -0.15) is 0 Å². The normalized spacial score (nSPS) is 35.7. The van der Waals surface area contributed by atoms with Crippen molar-refractivity contribution in [2.45, 2.75) is 89.1 Å². The maximum Gasteiger partial charge on any atom is 0.310 e. The molecule has 7 atom stereocenters. The molecular weight excluding hydrogens is 400 g/mol. The van der Waals surface area contributed by atoms with Gasteiger partial charge in [0.1, 0.15) is 17.6 Å². The Hall–Kier alpha value is -1.93. The molecule has 0 aliphatic carbocycles. The summed E-state index contributed by atoms with van der Waals surface area (Å²) in [6.07, 6.45) is 4.78. The lowest BCUT2D eigenvalue weighted by Gasteiger charge is -2.40. The molecule has 0 saturated carbocycles. The molecule has 2 bridgehead atoms. The number of hydrogen-bond donors (Lipinski definition) is 2. The summed E-state index contributed by atoms with van der Waals surface area (Å²) in [6, 6.07) is -1.64. The molecule has 1 spiro atoms. The maximum atomic E-state index is 14.0. The van der Waals surface area contributed by atoms with E-state index in [-0.39, 0.29) is 18.6 Å². The molecule has 3 aliphatic rings. The topological polar surface area (TPSA) is 107 Å². The molecular formula is C23H36N2O6. The standard InChI is InChI=1S/C23H36N2O6/c1-6-9-14(4)24(12-7-2)20(28)18-23-11-10-22(8-3,31-23)17(21(29)30)16(23)19(27)25(18)15(5)13-26/h7,14-18,26H,2,6,8-13H2,1,3-5H3,(H,29,30)/t14?,15-,16+,17-,18?,22+,23?/m1/s1. The van der Waals surface area contributed by atoms with Crippen molar-refractivity contribution in [2.75, 3.05) is 13.2 Å². The van der Waals surface area contributed by atoms with Crippen LogP contribution in [-0.2, 0) is 19.1 Å². The smallest absolute Gasteiger partial charge is 0.310 e. The molecule has 3 unspecified atom stereocenters. The lowest BCUT2D eigenvalue weighted by Crippen LogP contribution is -2.59. The van der Waals surface area contributed by atoms with Gasteiger partial charge in [0.2, 0.25) is 11.8 Å². The number of likely N-dealkylation sites (tertiary alicyclic amines) is 1. The van der Waals surface area contributed by atoms with Crippen LogP contribution in [0.2, 0.25) is 0 Å². The summed E-state index contributed by atoms with van der Waals surface area (Å²) in [5, 5.41) is 19.9. The van der Waals surface area contributed by atoms with Gasteiger partial charge in [-0.05, 0) is 39.5 Å². The van der Waals surface area contributed by atoms with Crippen LogP contribution in [0.1, 0.15) is 59.8 Å². The molecule has 2 N–H and O–H groups in total. The molecule has 3 fully saturated rings. The van der Waals surface area contributed by atoms with E-state index in [2.05, 4.69) is 6.58 Å². The summed E-state index contributed by atoms with van der Waals surface area (Å²) in [5.41, 5.74) is -2.11. The number of rotatable bonds is 10. The van der Waals surface area contributed by atoms with E-state index in [9.17, 15) is 24.6 Å². The van der Waals surface area contributed by atoms with E-state index in [4.69, 9.17) is 4.74 Å². The number of nitrogens with zero attached hydrogens (tertiary/aromatic N) is 2. The van der Waals surface area contributed by atoms with Gasteiger partial charge in [-0.25, -0.2) is 0 Å². The summed E-state index contributed by atoms with van der Waals surface area (Å²) in [7, 11) is 0. The van der Waals surface area contributed by atoms with E-state index in [0.717, 1.165) is 12.8 Å². The van der Waals surface area contributed by atoms with Gasteiger partial charge < -0.3 is 24.7 Å². The SMILES string of the molecule is C=CCN(C(=O)C1N([C@H](C)CO)C(=O)[C@@H]2[C@H](C(=O)O)[C@]3(CC)CCC12O3)C(C)CCC. The monoisotopic (exact) mass is 436 g/mol. The quantitative estimate of drug-likeness (QED) is 0.506. The molecule has 3 aliphatic heterocycles. The first-order valence-corrected chi connectivity index (χ1v) is 11.4. The van der Waals surface area contributed by atoms with Crippen LogP contribution in [0, 0.1) is 11.8 Å². The predicted molar refractivity (Wildman–Crippen MR) is 114 cm³/mol. The number of fused-ring (bicyclic) bond motifs is 1. The Morgan fingerprint density at radius 2 is 2.03 bits per heavy atom. The van der Waals surface area contributed by atoms with E-state index >= 15 is 0 Å². The summed E-state index contributed by atoms with van der Waals surface area (Å²) in [5.74, 6) is -3.63. The number of ether oxygens (including phenoxy) is 1. The number of amides is 2. The molecule has 3 saturated heterocycles. The second kappa shape index (κ2) is 8.54. The molecule has 174 valence electrons. The third kappa shape index (κ3) is 3.30. The lowest BCUT2D eigenvalue weighted by atomic mass is 9.65. The van der Waals surface area contributed by atoms with Crippen LogP contribution in [0.3, 0.4) is 0 Å². The van der Waals surface area contributed by atoms with Crippen molar-refractivity contribution < 1.29 is 29.3 Å². The number of carboxylic acid groups (broad SMARTS) is 1. The first kappa shape index (κ1) is 23.7. The van der Waals surface area contributed by atoms with Crippen LogP contribution in [-0.4, -0.2) is 80.3 Å². The highest BCUT2D eigenvalue weighted by molar-refractivity contribution is 5.98. The van der Waals surface area contributed by atoms with Gasteiger partial charge >= 0.3 is 5.97 Å². The fourth-order valence-corrected chi connectivity index (χ4v) is 6.23. The molecule has 8 nitrogen and oxygen atoms in total. The maximum absolute atomic E-state index is 14.0. The first-order chi connectivity index (χ1) is 14.7. The molecule has 0 radical (unpaired) electrons. The van der Waals surface area contributed by atoms with E-state index in [1.165, 1.54) is 4.90 Å². The molecule has 31 heavy (non-hydrogen) atoms. The van der Waals surface area contributed by atoms with Crippen molar-refractivity contribution in [3.8, 4) is 0 Å². The zero-order valence-electron chi connectivity index (χ0n) is 19.0. The second-order valence-electron chi connectivity index (χ2n) is 9.37. The average molecular weight is 437 g/mol. The van der Waals surface area contributed by atoms with Crippen LogP contribution in [0.4, 0.5) is 0 Å². The number of carboxylic acids is 1. The summed E-state index contributed by atoms with van der Waals surface area (Å²) in [6.45, 7) is 11.4. The van der Waals surface area contributed by atoms with Crippen molar-refractivity contribution in [1.82, 2.24) is 9.80 Å². The summed E-state index contributed by atoms with van der Waals surface area (Å²) < 4.78 is 6.49. The van der Waals surface area contributed by atoms with Crippen LogP contribution < -0.4 is 0 Å². The van der Waals surface area contributed by atoms with Crippen molar-refractivity contribution in [1.29, 1.82) is 0 Å². The predicted octanol–water partition coefficient (Wildman–Crippen LogP) is 1.81. The number of aliphatic hydroxyl groups is 1. The molecule has 3 rings (SSSR count). The minimum Gasteiger partial charge on any atom is -0.481 e. The number of hydrogen-bond acceptors (Lipinski definition) is 5. The highest BCUT2D eigenvalue weighted by atomic mass is 16.5. The minimum absolute atomic E-state index is 0.0682. The lowest BCUT2D eigenvalue weighted by molar-refractivity contribution is -0.160. The van der Waals surface area contributed by atoms with Gasteiger partial charge in [0, 0.05) is 12.6 Å². The number of carbonyl (C=O) groups is 3. The van der Waals surface area contributed by atoms with Gasteiger partial charge in [-0.3, -0.25) is 14.4 Å². The zero-order chi connectivity index (χ0) is 23.1. The largest absolute Gasteiger partial charge is 0.481 e. The number of aliphatic carboxylic acids is 1. The van der Waals surface area contributed by atoms with Crippen LogP contribution in [0.25, 0.3) is 0 Å². The molecule has 2 amide bonds. The number of aliphatic hydroxyl groups excluding tert-OH is 1. The first-order valence-electron chi connectivity index (χ1n) is 11.4. The van der Waals surface area contributed by atoms with Crippen molar-refractivity contribution in [2.24, 2.45) is 11.8 Å². The molecule has 0 aromatic heterocycles. The van der Waals surface area contributed by atoms with Crippen LogP contribution in [0.15, 0.2) is 12.7 Å². The Morgan fingerprint density at radius 3 is 2.55 bits per heavy atom.